The number of carbonyl (C=O) groups excluding carboxylic acids is 2. The molecule has 0 radical (unpaired) electrons. The molecule has 0 fully saturated rings. The average Bonchev–Trinajstić information content (AvgIpc) is 3.39. The number of amides is 1. The van der Waals surface area contributed by atoms with E-state index in [1.165, 1.54) is 11.0 Å². The quantitative estimate of drug-likeness (QED) is 0.406. The second-order valence-electron chi connectivity index (χ2n) is 8.09. The van der Waals surface area contributed by atoms with Crippen molar-refractivity contribution in [1.29, 1.82) is 0 Å². The number of aromatic amines is 1. The van der Waals surface area contributed by atoms with Crippen molar-refractivity contribution in [1.82, 2.24) is 10.2 Å². The molecule has 1 aliphatic heterocycles. The highest BCUT2D eigenvalue weighted by molar-refractivity contribution is 6.12. The van der Waals surface area contributed by atoms with Gasteiger partial charge in [-0.05, 0) is 44.2 Å². The maximum absolute atomic E-state index is 15.1. The first-order valence-corrected chi connectivity index (χ1v) is 11.0. The third-order valence-electron chi connectivity index (χ3n) is 5.95. The zero-order chi connectivity index (χ0) is 23.8. The van der Waals surface area contributed by atoms with E-state index in [-0.39, 0.29) is 12.5 Å². The van der Waals surface area contributed by atoms with Crippen LogP contribution in [-0.4, -0.2) is 28.7 Å². The maximum atomic E-state index is 15.1. The molecule has 0 spiro atoms. The number of hydrogen-bond donors (Lipinski definition) is 1. The molecule has 1 amide bonds. The molecular formula is C27H22FN3O3. The van der Waals surface area contributed by atoms with Crippen LogP contribution in [-0.2, 0) is 4.74 Å². The number of nitrogens with one attached hydrogen (secondary N) is 1. The first kappa shape index (κ1) is 21.6. The number of benzene rings is 3. The molecular weight excluding hydrogens is 433 g/mol. The van der Waals surface area contributed by atoms with Crippen LogP contribution in [0.2, 0.25) is 0 Å². The molecule has 2 heterocycles. The summed E-state index contributed by atoms with van der Waals surface area (Å²) in [5.74, 6) is -1.18. The van der Waals surface area contributed by atoms with Crippen LogP contribution in [0.25, 0.3) is 11.3 Å². The fourth-order valence-corrected chi connectivity index (χ4v) is 4.31. The Balaban J connectivity index is 1.65. The molecule has 0 saturated heterocycles. The SMILES string of the molecule is CCOC(=O)c1ccc(N2C(=O)c3[nH]nc(-c4ccc(C)cc4)c3[C@@H]2c2ccccc2F)cc1. The monoisotopic (exact) mass is 455 g/mol. The topological polar surface area (TPSA) is 75.3 Å². The Morgan fingerprint density at radius 2 is 1.76 bits per heavy atom. The lowest BCUT2D eigenvalue weighted by Gasteiger charge is -2.27. The van der Waals surface area contributed by atoms with Crippen LogP contribution in [0.15, 0.2) is 72.8 Å². The third kappa shape index (κ3) is 3.55. The van der Waals surface area contributed by atoms with Crippen LogP contribution >= 0.6 is 0 Å². The molecule has 0 aliphatic carbocycles. The van der Waals surface area contributed by atoms with Crippen LogP contribution in [0, 0.1) is 12.7 Å². The summed E-state index contributed by atoms with van der Waals surface area (Å²) in [5.41, 5.74) is 4.73. The van der Waals surface area contributed by atoms with Crippen molar-refractivity contribution in [2.45, 2.75) is 19.9 Å². The molecule has 4 aromatic rings. The van der Waals surface area contributed by atoms with Crippen LogP contribution in [0.4, 0.5) is 10.1 Å². The van der Waals surface area contributed by atoms with E-state index >= 15 is 4.39 Å². The number of nitrogens with zero attached hydrogens (tertiary/aromatic N) is 2. The Morgan fingerprint density at radius 1 is 1.06 bits per heavy atom. The molecule has 170 valence electrons. The first-order chi connectivity index (χ1) is 16.5. The Hall–Kier alpha value is -4.26. The predicted octanol–water partition coefficient (Wildman–Crippen LogP) is 5.45. The number of aryl methyl sites for hydroxylation is 1. The zero-order valence-corrected chi connectivity index (χ0v) is 18.7. The standard InChI is InChI=1S/C27H22FN3O3/c1-3-34-27(33)18-12-14-19(15-13-18)31-25(20-6-4-5-7-21(20)28)22-23(29-30-24(22)26(31)32)17-10-8-16(2)9-11-17/h4-15,25H,3H2,1-2H3,(H,29,30)/t25-/m0/s1. The van der Waals surface area contributed by atoms with E-state index < -0.39 is 17.8 Å². The van der Waals surface area contributed by atoms with Crippen LogP contribution in [0.1, 0.15) is 50.5 Å². The highest BCUT2D eigenvalue weighted by atomic mass is 19.1. The van der Waals surface area contributed by atoms with Crippen molar-refractivity contribution < 1.29 is 18.7 Å². The largest absolute Gasteiger partial charge is 0.462 e. The lowest BCUT2D eigenvalue weighted by Crippen LogP contribution is -2.30. The van der Waals surface area contributed by atoms with E-state index in [1.807, 2.05) is 31.2 Å². The number of halogens is 1. The summed E-state index contributed by atoms with van der Waals surface area (Å²) in [4.78, 5) is 27.2. The van der Waals surface area contributed by atoms with E-state index in [0.29, 0.717) is 33.8 Å². The fourth-order valence-electron chi connectivity index (χ4n) is 4.31. The molecule has 3 aromatic carbocycles. The summed E-state index contributed by atoms with van der Waals surface area (Å²) in [7, 11) is 0. The molecule has 1 N–H and O–H groups in total. The molecule has 1 aliphatic rings. The lowest BCUT2D eigenvalue weighted by molar-refractivity contribution is 0.0526. The van der Waals surface area contributed by atoms with Crippen molar-refractivity contribution in [3.63, 3.8) is 0 Å². The van der Waals surface area contributed by atoms with Gasteiger partial charge in [-0.15, -0.1) is 0 Å². The minimum Gasteiger partial charge on any atom is -0.462 e. The minimum absolute atomic E-state index is 0.268. The molecule has 1 aromatic heterocycles. The maximum Gasteiger partial charge on any atom is 0.338 e. The molecule has 5 rings (SSSR count). The predicted molar refractivity (Wildman–Crippen MR) is 126 cm³/mol. The minimum atomic E-state index is -0.729. The van der Waals surface area contributed by atoms with Crippen molar-refractivity contribution in [2.24, 2.45) is 0 Å². The second-order valence-corrected chi connectivity index (χ2v) is 8.09. The number of fused-ring (bicyclic) bond motifs is 1. The third-order valence-corrected chi connectivity index (χ3v) is 5.95. The van der Waals surface area contributed by atoms with Gasteiger partial charge in [0.2, 0.25) is 0 Å². The summed E-state index contributed by atoms with van der Waals surface area (Å²) in [6.45, 7) is 4.00. The van der Waals surface area contributed by atoms with E-state index in [4.69, 9.17) is 4.74 Å². The summed E-state index contributed by atoms with van der Waals surface area (Å²) >= 11 is 0. The van der Waals surface area contributed by atoms with Gasteiger partial charge in [0.25, 0.3) is 5.91 Å². The van der Waals surface area contributed by atoms with Crippen LogP contribution in [0.5, 0.6) is 0 Å². The molecule has 7 heteroatoms. The summed E-state index contributed by atoms with van der Waals surface area (Å²) in [6, 6.07) is 20.0. The molecule has 6 nitrogen and oxygen atoms in total. The molecule has 0 bridgehead atoms. The zero-order valence-electron chi connectivity index (χ0n) is 18.7. The fraction of sp³-hybridized carbons (Fsp3) is 0.148. The Bertz CT molecular complexity index is 1380. The Kier molecular flexibility index (Phi) is 5.45. The van der Waals surface area contributed by atoms with Gasteiger partial charge >= 0.3 is 5.97 Å². The molecule has 0 unspecified atom stereocenters. The van der Waals surface area contributed by atoms with Crippen molar-refractivity contribution >= 4 is 17.6 Å². The van der Waals surface area contributed by atoms with Gasteiger partial charge in [0.1, 0.15) is 11.5 Å². The first-order valence-electron chi connectivity index (χ1n) is 11.0. The number of aromatic nitrogens is 2. The van der Waals surface area contributed by atoms with E-state index in [2.05, 4.69) is 10.2 Å². The lowest BCUT2D eigenvalue weighted by atomic mass is 9.95. The van der Waals surface area contributed by atoms with Gasteiger partial charge in [0.05, 0.1) is 23.9 Å². The summed E-state index contributed by atoms with van der Waals surface area (Å²) < 4.78 is 20.1. The highest BCUT2D eigenvalue weighted by Gasteiger charge is 2.44. The number of anilines is 1. The highest BCUT2D eigenvalue weighted by Crippen LogP contribution is 2.45. The van der Waals surface area contributed by atoms with Gasteiger partial charge in [-0.2, -0.15) is 5.10 Å². The van der Waals surface area contributed by atoms with Crippen molar-refractivity contribution in [2.75, 3.05) is 11.5 Å². The van der Waals surface area contributed by atoms with Crippen molar-refractivity contribution in [3.05, 3.63) is 107 Å². The molecule has 0 saturated carbocycles. The van der Waals surface area contributed by atoms with E-state index in [9.17, 15) is 9.59 Å². The number of H-pyrrole nitrogens is 1. The van der Waals surface area contributed by atoms with Gasteiger partial charge in [-0.3, -0.25) is 14.8 Å². The Labute approximate surface area is 196 Å². The number of carbonyl (C=O) groups is 2. The number of rotatable bonds is 5. The van der Waals surface area contributed by atoms with E-state index in [0.717, 1.165) is 11.1 Å². The average molecular weight is 455 g/mol. The Morgan fingerprint density at radius 3 is 2.44 bits per heavy atom. The van der Waals surface area contributed by atoms with Gasteiger partial charge in [0.15, 0.2) is 0 Å². The van der Waals surface area contributed by atoms with Gasteiger partial charge in [-0.1, -0.05) is 48.0 Å². The second kappa shape index (κ2) is 8.59. The molecule has 1 atom stereocenters. The summed E-state index contributed by atoms with van der Waals surface area (Å²) in [6.07, 6.45) is 0. The number of esters is 1. The number of ether oxygens (including phenoxy) is 1. The van der Waals surface area contributed by atoms with Gasteiger partial charge in [0, 0.05) is 22.4 Å². The molecule has 34 heavy (non-hydrogen) atoms. The van der Waals surface area contributed by atoms with Gasteiger partial charge < -0.3 is 4.74 Å². The summed E-state index contributed by atoms with van der Waals surface area (Å²) in [5, 5.41) is 7.30. The van der Waals surface area contributed by atoms with Crippen LogP contribution in [0.3, 0.4) is 0 Å². The smallest absolute Gasteiger partial charge is 0.338 e. The van der Waals surface area contributed by atoms with Crippen LogP contribution < -0.4 is 4.90 Å². The number of hydrogen-bond acceptors (Lipinski definition) is 4. The van der Waals surface area contributed by atoms with E-state index in [1.54, 1.807) is 49.4 Å². The van der Waals surface area contributed by atoms with Crippen molar-refractivity contribution in [3.8, 4) is 11.3 Å². The normalized spacial score (nSPS) is 14.9. The van der Waals surface area contributed by atoms with Gasteiger partial charge in [-0.25, -0.2) is 9.18 Å².